The molecular formula is C17H23ClN4O2S. The van der Waals surface area contributed by atoms with Crippen LogP contribution in [0.2, 0.25) is 5.28 Å². The Morgan fingerprint density at radius 1 is 1.20 bits per heavy atom. The van der Waals surface area contributed by atoms with Gasteiger partial charge in [0.15, 0.2) is 5.16 Å². The van der Waals surface area contributed by atoms with Gasteiger partial charge in [0.2, 0.25) is 11.2 Å². The van der Waals surface area contributed by atoms with Gasteiger partial charge >= 0.3 is 0 Å². The van der Waals surface area contributed by atoms with E-state index in [1.807, 2.05) is 24.3 Å². The summed E-state index contributed by atoms with van der Waals surface area (Å²) in [6, 6.07) is 7.72. The number of aliphatic hydroxyl groups is 1. The molecule has 1 aromatic heterocycles. The zero-order chi connectivity index (χ0) is 18.2. The molecule has 6 nitrogen and oxygen atoms in total. The number of aliphatic hydroxyl groups excluding tert-OH is 1. The Bertz CT molecular complexity index is 670. The molecule has 1 heterocycles. The van der Waals surface area contributed by atoms with E-state index >= 15 is 0 Å². The Morgan fingerprint density at radius 2 is 1.92 bits per heavy atom. The maximum Gasteiger partial charge on any atom is 0.228 e. The summed E-state index contributed by atoms with van der Waals surface area (Å²) in [5.41, 5.74) is 1.13. The van der Waals surface area contributed by atoms with E-state index in [1.54, 1.807) is 7.11 Å². The number of anilines is 1. The van der Waals surface area contributed by atoms with E-state index in [0.29, 0.717) is 22.8 Å². The number of benzene rings is 1. The zero-order valence-electron chi connectivity index (χ0n) is 14.6. The van der Waals surface area contributed by atoms with Crippen molar-refractivity contribution in [2.75, 3.05) is 19.0 Å². The van der Waals surface area contributed by atoms with Gasteiger partial charge in [0.1, 0.15) is 5.75 Å². The number of hydrogen-bond donors (Lipinski definition) is 2. The van der Waals surface area contributed by atoms with Crippen molar-refractivity contribution in [3.8, 4) is 5.75 Å². The Morgan fingerprint density at radius 3 is 2.52 bits per heavy atom. The van der Waals surface area contributed by atoms with E-state index in [-0.39, 0.29) is 17.9 Å². The van der Waals surface area contributed by atoms with Gasteiger partial charge in [0.25, 0.3) is 0 Å². The topological polar surface area (TPSA) is 80.2 Å². The molecule has 0 amide bonds. The Labute approximate surface area is 157 Å². The van der Waals surface area contributed by atoms with Crippen LogP contribution in [0.25, 0.3) is 0 Å². The average Bonchev–Trinajstić information content (AvgIpc) is 2.59. The maximum absolute atomic E-state index is 9.49. The normalized spacial score (nSPS) is 12.2. The van der Waals surface area contributed by atoms with E-state index in [9.17, 15) is 5.11 Å². The molecule has 1 aromatic carbocycles. The van der Waals surface area contributed by atoms with E-state index in [4.69, 9.17) is 16.3 Å². The van der Waals surface area contributed by atoms with Crippen molar-refractivity contribution in [2.45, 2.75) is 37.2 Å². The number of halogens is 1. The third kappa shape index (κ3) is 6.68. The van der Waals surface area contributed by atoms with Crippen LogP contribution in [0.1, 0.15) is 25.8 Å². The first-order chi connectivity index (χ1) is 12.0. The van der Waals surface area contributed by atoms with Crippen LogP contribution in [0.4, 0.5) is 5.95 Å². The number of methoxy groups -OCH3 is 1. The summed E-state index contributed by atoms with van der Waals surface area (Å²) in [5, 5.41) is 13.3. The number of nitrogens with one attached hydrogen (secondary N) is 1. The predicted molar refractivity (Wildman–Crippen MR) is 101 cm³/mol. The molecule has 0 aliphatic rings. The summed E-state index contributed by atoms with van der Waals surface area (Å²) in [7, 11) is 1.64. The fraction of sp³-hybridized carbons (Fsp3) is 0.471. The van der Waals surface area contributed by atoms with Crippen molar-refractivity contribution >= 4 is 29.3 Å². The number of ether oxygens (including phenoxy) is 1. The molecule has 0 radical (unpaired) electrons. The SMILES string of the molecule is COc1ccc(CSc2nc(Cl)nc(N[C@@H](CO)CC(C)C)n2)cc1. The van der Waals surface area contributed by atoms with Crippen molar-refractivity contribution < 1.29 is 9.84 Å². The fourth-order valence-corrected chi connectivity index (χ4v) is 3.26. The molecule has 1 atom stereocenters. The summed E-state index contributed by atoms with van der Waals surface area (Å²) in [4.78, 5) is 12.6. The largest absolute Gasteiger partial charge is 0.497 e. The predicted octanol–water partition coefficient (Wildman–Crippen LogP) is 3.64. The number of aromatic nitrogens is 3. The first kappa shape index (κ1) is 19.8. The molecule has 0 saturated heterocycles. The molecule has 2 aromatic rings. The molecule has 136 valence electrons. The third-order valence-electron chi connectivity index (χ3n) is 3.42. The highest BCUT2D eigenvalue weighted by Gasteiger charge is 2.13. The minimum absolute atomic E-state index is 0.00973. The molecule has 0 bridgehead atoms. The molecule has 0 unspecified atom stereocenters. The molecule has 25 heavy (non-hydrogen) atoms. The van der Waals surface area contributed by atoms with Crippen molar-refractivity contribution in [1.29, 1.82) is 0 Å². The van der Waals surface area contributed by atoms with Crippen molar-refractivity contribution in [3.63, 3.8) is 0 Å². The van der Waals surface area contributed by atoms with Gasteiger partial charge in [-0.05, 0) is 41.6 Å². The molecule has 0 saturated carbocycles. The Balaban J connectivity index is 2.02. The van der Waals surface area contributed by atoms with Gasteiger partial charge in [-0.25, -0.2) is 0 Å². The number of hydrogen-bond acceptors (Lipinski definition) is 7. The highest BCUT2D eigenvalue weighted by atomic mass is 35.5. The zero-order valence-corrected chi connectivity index (χ0v) is 16.1. The van der Waals surface area contributed by atoms with Crippen molar-refractivity contribution in [3.05, 3.63) is 35.1 Å². The second-order valence-electron chi connectivity index (χ2n) is 6.00. The third-order valence-corrected chi connectivity index (χ3v) is 4.51. The Hall–Kier alpha value is -1.57. The highest BCUT2D eigenvalue weighted by molar-refractivity contribution is 7.98. The fourth-order valence-electron chi connectivity index (χ4n) is 2.26. The highest BCUT2D eigenvalue weighted by Crippen LogP contribution is 2.23. The summed E-state index contributed by atoms with van der Waals surface area (Å²) >= 11 is 7.48. The van der Waals surface area contributed by atoms with Crippen LogP contribution >= 0.6 is 23.4 Å². The standard InChI is InChI=1S/C17H23ClN4O2S/c1-11(2)8-13(9-23)19-16-20-15(18)21-17(22-16)25-10-12-4-6-14(24-3)7-5-12/h4-7,11,13,23H,8-10H2,1-3H3,(H,19,20,21,22)/t13-/m1/s1. The monoisotopic (exact) mass is 382 g/mol. The van der Waals surface area contributed by atoms with E-state index in [2.05, 4.69) is 34.1 Å². The van der Waals surface area contributed by atoms with Crippen molar-refractivity contribution in [1.82, 2.24) is 15.0 Å². The number of nitrogens with zero attached hydrogens (tertiary/aromatic N) is 3. The van der Waals surface area contributed by atoms with Gasteiger partial charge in [-0.1, -0.05) is 37.7 Å². The van der Waals surface area contributed by atoms with Crippen LogP contribution in [0.5, 0.6) is 5.75 Å². The van der Waals surface area contributed by atoms with Gasteiger partial charge < -0.3 is 15.2 Å². The van der Waals surface area contributed by atoms with Gasteiger partial charge in [0, 0.05) is 5.75 Å². The van der Waals surface area contributed by atoms with Crippen LogP contribution in [0.15, 0.2) is 29.4 Å². The van der Waals surface area contributed by atoms with Crippen LogP contribution in [0, 0.1) is 5.92 Å². The van der Waals surface area contributed by atoms with Gasteiger partial charge in [-0.15, -0.1) is 0 Å². The lowest BCUT2D eigenvalue weighted by Gasteiger charge is -2.18. The minimum atomic E-state index is -0.113. The van der Waals surface area contributed by atoms with E-state index in [0.717, 1.165) is 17.7 Å². The average molecular weight is 383 g/mol. The van der Waals surface area contributed by atoms with Crippen LogP contribution in [0.3, 0.4) is 0 Å². The van der Waals surface area contributed by atoms with E-state index < -0.39 is 0 Å². The van der Waals surface area contributed by atoms with Crippen LogP contribution < -0.4 is 10.1 Å². The lowest BCUT2D eigenvalue weighted by Crippen LogP contribution is -2.26. The lowest BCUT2D eigenvalue weighted by molar-refractivity contribution is 0.259. The minimum Gasteiger partial charge on any atom is -0.497 e. The molecule has 0 aliphatic heterocycles. The molecular weight excluding hydrogens is 360 g/mol. The second-order valence-corrected chi connectivity index (χ2v) is 7.28. The van der Waals surface area contributed by atoms with E-state index in [1.165, 1.54) is 11.8 Å². The summed E-state index contributed by atoms with van der Waals surface area (Å²) in [6.07, 6.45) is 0.814. The molecule has 0 aliphatic carbocycles. The molecule has 8 heteroatoms. The molecule has 0 fully saturated rings. The first-order valence-corrected chi connectivity index (χ1v) is 9.41. The van der Waals surface area contributed by atoms with Gasteiger partial charge in [-0.3, -0.25) is 0 Å². The summed E-state index contributed by atoms with van der Waals surface area (Å²) in [5.74, 6) is 2.37. The lowest BCUT2D eigenvalue weighted by atomic mass is 10.0. The van der Waals surface area contributed by atoms with Crippen LogP contribution in [-0.4, -0.2) is 39.8 Å². The van der Waals surface area contributed by atoms with Gasteiger partial charge in [0.05, 0.1) is 19.8 Å². The maximum atomic E-state index is 9.49. The number of rotatable bonds is 9. The second kappa shape index (κ2) is 9.79. The smallest absolute Gasteiger partial charge is 0.228 e. The van der Waals surface area contributed by atoms with Crippen molar-refractivity contribution in [2.24, 2.45) is 5.92 Å². The molecule has 2 rings (SSSR count). The van der Waals surface area contributed by atoms with Crippen LogP contribution in [-0.2, 0) is 5.75 Å². The quantitative estimate of drug-likeness (QED) is 0.640. The number of thioether (sulfide) groups is 1. The first-order valence-electron chi connectivity index (χ1n) is 8.05. The van der Waals surface area contributed by atoms with Gasteiger partial charge in [-0.2, -0.15) is 15.0 Å². The Kier molecular flexibility index (Phi) is 7.74. The molecule has 2 N–H and O–H groups in total. The molecule has 0 spiro atoms. The summed E-state index contributed by atoms with van der Waals surface area (Å²) in [6.45, 7) is 4.21. The summed E-state index contributed by atoms with van der Waals surface area (Å²) < 4.78 is 5.15.